The standard InChI is InChI=1S/C13H22N2O/c1-2-14-11-12-5-3-8-15(12)9-7-13-6-4-10-16-13/h3,5,8,13-14H,2,4,6-7,9-11H2,1H3. The van der Waals surface area contributed by atoms with E-state index >= 15 is 0 Å². The van der Waals surface area contributed by atoms with Crippen LogP contribution in [0.2, 0.25) is 0 Å². The van der Waals surface area contributed by atoms with Crippen molar-refractivity contribution < 1.29 is 4.74 Å². The minimum Gasteiger partial charge on any atom is -0.378 e. The summed E-state index contributed by atoms with van der Waals surface area (Å²) in [6.45, 7) is 6.17. The van der Waals surface area contributed by atoms with E-state index in [0.717, 1.165) is 32.7 Å². The zero-order chi connectivity index (χ0) is 11.2. The molecule has 16 heavy (non-hydrogen) atoms. The summed E-state index contributed by atoms with van der Waals surface area (Å²) in [5.41, 5.74) is 1.37. The number of hydrogen-bond donors (Lipinski definition) is 1. The Hall–Kier alpha value is -0.800. The van der Waals surface area contributed by atoms with E-state index in [-0.39, 0.29) is 0 Å². The highest BCUT2D eigenvalue weighted by Gasteiger charge is 2.15. The molecule has 1 aromatic rings. The SMILES string of the molecule is CCNCc1cccn1CCC1CCCO1. The Morgan fingerprint density at radius 3 is 3.25 bits per heavy atom. The summed E-state index contributed by atoms with van der Waals surface area (Å²) >= 11 is 0. The van der Waals surface area contributed by atoms with Gasteiger partial charge >= 0.3 is 0 Å². The Balaban J connectivity index is 1.80. The van der Waals surface area contributed by atoms with Crippen molar-refractivity contribution in [3.63, 3.8) is 0 Å². The van der Waals surface area contributed by atoms with Crippen LogP contribution in [0.1, 0.15) is 31.9 Å². The van der Waals surface area contributed by atoms with Gasteiger partial charge in [0.2, 0.25) is 0 Å². The maximum absolute atomic E-state index is 5.64. The molecule has 1 saturated heterocycles. The van der Waals surface area contributed by atoms with Gasteiger partial charge in [-0.25, -0.2) is 0 Å². The van der Waals surface area contributed by atoms with Crippen molar-refractivity contribution in [1.29, 1.82) is 0 Å². The van der Waals surface area contributed by atoms with E-state index in [4.69, 9.17) is 4.74 Å². The smallest absolute Gasteiger partial charge is 0.0593 e. The van der Waals surface area contributed by atoms with Crippen LogP contribution in [0, 0.1) is 0 Å². The molecule has 0 saturated carbocycles. The first-order chi connectivity index (χ1) is 7.90. The highest BCUT2D eigenvalue weighted by molar-refractivity contribution is 5.06. The van der Waals surface area contributed by atoms with Gasteiger partial charge in [-0.3, -0.25) is 0 Å². The Bertz CT molecular complexity index is 303. The first-order valence-corrected chi connectivity index (χ1v) is 6.36. The second-order valence-electron chi connectivity index (χ2n) is 4.40. The van der Waals surface area contributed by atoms with Crippen LogP contribution < -0.4 is 5.32 Å². The maximum Gasteiger partial charge on any atom is 0.0593 e. The van der Waals surface area contributed by atoms with Crippen molar-refractivity contribution >= 4 is 0 Å². The monoisotopic (exact) mass is 222 g/mol. The van der Waals surface area contributed by atoms with Gasteiger partial charge in [0.1, 0.15) is 0 Å². The molecule has 3 heteroatoms. The fraction of sp³-hybridized carbons (Fsp3) is 0.692. The van der Waals surface area contributed by atoms with Gasteiger partial charge in [0.15, 0.2) is 0 Å². The molecular weight excluding hydrogens is 200 g/mol. The van der Waals surface area contributed by atoms with Crippen molar-refractivity contribution in [2.75, 3.05) is 13.2 Å². The Labute approximate surface area is 97.8 Å². The Kier molecular flexibility index (Phi) is 4.43. The van der Waals surface area contributed by atoms with Crippen LogP contribution in [0.4, 0.5) is 0 Å². The number of aryl methyl sites for hydroxylation is 1. The molecule has 0 amide bonds. The summed E-state index contributed by atoms with van der Waals surface area (Å²) in [6.07, 6.45) is 6.29. The highest BCUT2D eigenvalue weighted by Crippen LogP contribution is 2.16. The van der Waals surface area contributed by atoms with Crippen molar-refractivity contribution in [2.24, 2.45) is 0 Å². The lowest BCUT2D eigenvalue weighted by atomic mass is 10.2. The highest BCUT2D eigenvalue weighted by atomic mass is 16.5. The van der Waals surface area contributed by atoms with E-state index in [9.17, 15) is 0 Å². The van der Waals surface area contributed by atoms with Gasteiger partial charge in [-0.1, -0.05) is 6.92 Å². The van der Waals surface area contributed by atoms with Gasteiger partial charge in [-0.15, -0.1) is 0 Å². The van der Waals surface area contributed by atoms with E-state index < -0.39 is 0 Å². The predicted octanol–water partition coefficient (Wildman–Crippen LogP) is 2.17. The van der Waals surface area contributed by atoms with Gasteiger partial charge < -0.3 is 14.6 Å². The number of nitrogens with zero attached hydrogens (tertiary/aromatic N) is 1. The molecule has 0 aromatic carbocycles. The number of hydrogen-bond acceptors (Lipinski definition) is 2. The zero-order valence-corrected chi connectivity index (χ0v) is 10.1. The summed E-state index contributed by atoms with van der Waals surface area (Å²) in [7, 11) is 0. The molecule has 3 nitrogen and oxygen atoms in total. The lowest BCUT2D eigenvalue weighted by molar-refractivity contribution is 0.100. The third kappa shape index (κ3) is 3.09. The molecule has 1 unspecified atom stereocenters. The van der Waals surface area contributed by atoms with Crippen LogP contribution in [0.15, 0.2) is 18.3 Å². The van der Waals surface area contributed by atoms with Crippen LogP contribution in [0.5, 0.6) is 0 Å². The van der Waals surface area contributed by atoms with Gasteiger partial charge in [0, 0.05) is 31.6 Å². The van der Waals surface area contributed by atoms with Crippen LogP contribution >= 0.6 is 0 Å². The van der Waals surface area contributed by atoms with E-state index in [0.29, 0.717) is 6.10 Å². The summed E-state index contributed by atoms with van der Waals surface area (Å²) in [6, 6.07) is 4.32. The molecule has 2 heterocycles. The van der Waals surface area contributed by atoms with Crippen molar-refractivity contribution in [3.8, 4) is 0 Å². The largest absolute Gasteiger partial charge is 0.378 e. The second kappa shape index (κ2) is 6.06. The fourth-order valence-corrected chi connectivity index (χ4v) is 2.24. The quantitative estimate of drug-likeness (QED) is 0.798. The normalized spacial score (nSPS) is 20.4. The fourth-order valence-electron chi connectivity index (χ4n) is 2.24. The molecule has 0 radical (unpaired) electrons. The number of rotatable bonds is 6. The van der Waals surface area contributed by atoms with Crippen LogP contribution in [-0.2, 0) is 17.8 Å². The molecular formula is C13H22N2O. The van der Waals surface area contributed by atoms with Crippen LogP contribution in [-0.4, -0.2) is 23.8 Å². The van der Waals surface area contributed by atoms with E-state index in [1.54, 1.807) is 0 Å². The maximum atomic E-state index is 5.64. The summed E-state index contributed by atoms with van der Waals surface area (Å²) in [5, 5.41) is 3.37. The minimum atomic E-state index is 0.495. The zero-order valence-electron chi connectivity index (χ0n) is 10.1. The number of ether oxygens (including phenoxy) is 1. The van der Waals surface area contributed by atoms with E-state index in [2.05, 4.69) is 35.1 Å². The first-order valence-electron chi connectivity index (χ1n) is 6.36. The molecule has 1 aliphatic rings. The summed E-state index contributed by atoms with van der Waals surface area (Å²) < 4.78 is 7.98. The predicted molar refractivity (Wildman–Crippen MR) is 65.4 cm³/mol. The minimum absolute atomic E-state index is 0.495. The molecule has 0 bridgehead atoms. The lowest BCUT2D eigenvalue weighted by Gasteiger charge is -2.13. The number of nitrogens with one attached hydrogen (secondary N) is 1. The second-order valence-corrected chi connectivity index (χ2v) is 4.40. The molecule has 2 rings (SSSR count). The van der Waals surface area contributed by atoms with Gasteiger partial charge in [-0.05, 0) is 37.9 Å². The van der Waals surface area contributed by atoms with Crippen molar-refractivity contribution in [2.45, 2.75) is 45.4 Å². The molecule has 0 spiro atoms. The van der Waals surface area contributed by atoms with Gasteiger partial charge in [0.05, 0.1) is 6.10 Å². The Morgan fingerprint density at radius 1 is 1.56 bits per heavy atom. The average Bonchev–Trinajstić information content (AvgIpc) is 2.94. The molecule has 1 fully saturated rings. The van der Waals surface area contributed by atoms with Crippen molar-refractivity contribution in [3.05, 3.63) is 24.0 Å². The Morgan fingerprint density at radius 2 is 2.50 bits per heavy atom. The van der Waals surface area contributed by atoms with Crippen LogP contribution in [0.25, 0.3) is 0 Å². The van der Waals surface area contributed by atoms with Crippen LogP contribution in [0.3, 0.4) is 0 Å². The van der Waals surface area contributed by atoms with Gasteiger partial charge in [-0.2, -0.15) is 0 Å². The van der Waals surface area contributed by atoms with Gasteiger partial charge in [0.25, 0.3) is 0 Å². The molecule has 0 aliphatic carbocycles. The first kappa shape index (κ1) is 11.7. The molecule has 1 aliphatic heterocycles. The lowest BCUT2D eigenvalue weighted by Crippen LogP contribution is -2.17. The van der Waals surface area contributed by atoms with E-state index in [1.165, 1.54) is 18.5 Å². The number of aromatic nitrogens is 1. The summed E-state index contributed by atoms with van der Waals surface area (Å²) in [5.74, 6) is 0. The topological polar surface area (TPSA) is 26.2 Å². The molecule has 1 N–H and O–H groups in total. The van der Waals surface area contributed by atoms with E-state index in [1.807, 2.05) is 0 Å². The molecule has 1 atom stereocenters. The third-order valence-corrected chi connectivity index (χ3v) is 3.20. The molecule has 90 valence electrons. The third-order valence-electron chi connectivity index (χ3n) is 3.20. The summed E-state index contributed by atoms with van der Waals surface area (Å²) in [4.78, 5) is 0. The average molecular weight is 222 g/mol. The molecule has 1 aromatic heterocycles. The van der Waals surface area contributed by atoms with Crippen molar-refractivity contribution in [1.82, 2.24) is 9.88 Å².